The summed E-state index contributed by atoms with van der Waals surface area (Å²) in [6.45, 7) is 0.178. The quantitative estimate of drug-likeness (QED) is 0.216. The number of benzene rings is 3. The normalized spacial score (nSPS) is 12.1. The van der Waals surface area contributed by atoms with Crippen LogP contribution >= 0.6 is 22.9 Å². The first-order chi connectivity index (χ1) is 18.6. The number of nitrogens with one attached hydrogen (secondary N) is 1. The molecule has 4 aromatic rings. The summed E-state index contributed by atoms with van der Waals surface area (Å²) in [5, 5.41) is 5.93. The van der Waals surface area contributed by atoms with Gasteiger partial charge in [0.25, 0.3) is 5.91 Å². The van der Waals surface area contributed by atoms with Crippen molar-refractivity contribution in [3.63, 3.8) is 0 Å². The lowest BCUT2D eigenvalue weighted by atomic mass is 9.92. The highest BCUT2D eigenvalue weighted by Gasteiger charge is 2.30. The van der Waals surface area contributed by atoms with Gasteiger partial charge in [0.05, 0.1) is 24.8 Å². The Labute approximate surface area is 232 Å². The monoisotopic (exact) mass is 572 g/mol. The lowest BCUT2D eigenvalue weighted by Crippen LogP contribution is -2.26. The number of carbonyl (C=O) groups is 2. The Kier molecular flexibility index (Phi) is 9.04. The van der Waals surface area contributed by atoms with E-state index in [1.807, 2.05) is 29.6 Å². The molecule has 1 amide bonds. The summed E-state index contributed by atoms with van der Waals surface area (Å²) in [6, 6.07) is 19.6. The number of esters is 1. The highest BCUT2D eigenvalue weighted by Crippen LogP contribution is 2.35. The van der Waals surface area contributed by atoms with E-state index in [4.69, 9.17) is 16.6 Å². The van der Waals surface area contributed by atoms with Crippen LogP contribution in [0.15, 0.2) is 78.2 Å². The van der Waals surface area contributed by atoms with Crippen LogP contribution in [-0.2, 0) is 22.1 Å². The van der Waals surface area contributed by atoms with Crippen LogP contribution in [0.1, 0.15) is 44.4 Å². The fraction of sp³-hybridized carbons (Fsp3) is 0.207. The van der Waals surface area contributed by atoms with E-state index in [9.17, 15) is 22.8 Å². The second-order valence-electron chi connectivity index (χ2n) is 8.73. The van der Waals surface area contributed by atoms with Crippen molar-refractivity contribution in [2.75, 3.05) is 13.7 Å². The van der Waals surface area contributed by atoms with Gasteiger partial charge in [0, 0.05) is 34.0 Å². The summed E-state index contributed by atoms with van der Waals surface area (Å²) in [7, 11) is 1.29. The van der Waals surface area contributed by atoms with Crippen molar-refractivity contribution in [2.45, 2.75) is 24.9 Å². The molecule has 1 atom stereocenters. The second-order valence-corrected chi connectivity index (χ2v) is 10.1. The van der Waals surface area contributed by atoms with Gasteiger partial charge in [-0.1, -0.05) is 48.0 Å². The van der Waals surface area contributed by atoms with E-state index >= 15 is 0 Å². The van der Waals surface area contributed by atoms with Crippen LogP contribution in [-0.4, -0.2) is 30.5 Å². The van der Waals surface area contributed by atoms with Crippen molar-refractivity contribution >= 4 is 34.8 Å². The minimum atomic E-state index is -4.40. The molecule has 10 heteroatoms. The van der Waals surface area contributed by atoms with Crippen LogP contribution in [0.25, 0.3) is 11.3 Å². The van der Waals surface area contributed by atoms with E-state index in [0.717, 1.165) is 28.3 Å². The summed E-state index contributed by atoms with van der Waals surface area (Å²) < 4.78 is 43.4. The third kappa shape index (κ3) is 7.46. The van der Waals surface area contributed by atoms with Gasteiger partial charge in [0.15, 0.2) is 0 Å². The lowest BCUT2D eigenvalue weighted by Gasteiger charge is -2.16. The van der Waals surface area contributed by atoms with E-state index in [0.29, 0.717) is 28.3 Å². The predicted molar refractivity (Wildman–Crippen MR) is 145 cm³/mol. The molecule has 4 rings (SSSR count). The first-order valence-corrected chi connectivity index (χ1v) is 13.2. The first-order valence-electron chi connectivity index (χ1n) is 12.0. The molecular weight excluding hydrogens is 549 g/mol. The summed E-state index contributed by atoms with van der Waals surface area (Å²) in [4.78, 5) is 28.4. The van der Waals surface area contributed by atoms with Gasteiger partial charge < -0.3 is 10.1 Å². The van der Waals surface area contributed by atoms with E-state index in [1.54, 1.807) is 24.3 Å². The Morgan fingerprint density at radius 3 is 2.28 bits per heavy atom. The summed E-state index contributed by atoms with van der Waals surface area (Å²) in [6.07, 6.45) is -3.73. The molecule has 1 aromatic heterocycles. The average molecular weight is 573 g/mol. The van der Waals surface area contributed by atoms with Crippen molar-refractivity contribution in [1.29, 1.82) is 0 Å². The number of methoxy groups -OCH3 is 1. The zero-order valence-corrected chi connectivity index (χ0v) is 22.4. The van der Waals surface area contributed by atoms with Gasteiger partial charge in [-0.3, -0.25) is 9.59 Å². The molecule has 0 bridgehead atoms. The zero-order chi connectivity index (χ0) is 28.0. The zero-order valence-electron chi connectivity index (χ0n) is 20.8. The van der Waals surface area contributed by atoms with Gasteiger partial charge in [0.1, 0.15) is 5.01 Å². The standard InChI is InChI=1S/C29H24ClF3N2O3S/c1-38-26(36)14-15-34-27(37)21-4-2-18(3-5-21)16-24(19-8-12-23(30)13-9-19)28-35-25(17-39-28)20-6-10-22(11-7-20)29(31,32)33/h2-13,17,24H,14-16H2,1H3,(H,34,37). The third-order valence-electron chi connectivity index (χ3n) is 6.10. The van der Waals surface area contributed by atoms with Crippen molar-refractivity contribution in [1.82, 2.24) is 10.3 Å². The predicted octanol–water partition coefficient (Wildman–Crippen LogP) is 7.15. The topological polar surface area (TPSA) is 68.3 Å². The van der Waals surface area contributed by atoms with Crippen LogP contribution in [0.4, 0.5) is 13.2 Å². The largest absolute Gasteiger partial charge is 0.469 e. The van der Waals surface area contributed by atoms with Crippen LogP contribution < -0.4 is 5.32 Å². The van der Waals surface area contributed by atoms with E-state index in [1.165, 1.54) is 30.6 Å². The summed E-state index contributed by atoms with van der Waals surface area (Å²) in [5.74, 6) is -0.835. The maximum absolute atomic E-state index is 13.0. The molecule has 0 spiro atoms. The average Bonchev–Trinajstić information content (AvgIpc) is 3.42. The molecule has 0 saturated heterocycles. The van der Waals surface area contributed by atoms with Gasteiger partial charge in [-0.15, -0.1) is 11.3 Å². The van der Waals surface area contributed by atoms with Crippen LogP contribution in [0.2, 0.25) is 5.02 Å². The molecule has 1 N–H and O–H groups in total. The number of halogens is 4. The van der Waals surface area contributed by atoms with E-state index in [2.05, 4.69) is 10.1 Å². The van der Waals surface area contributed by atoms with Crippen molar-refractivity contribution in [3.8, 4) is 11.3 Å². The number of thiazole rings is 1. The molecule has 202 valence electrons. The molecule has 39 heavy (non-hydrogen) atoms. The first kappa shape index (κ1) is 28.3. The van der Waals surface area contributed by atoms with Crippen LogP contribution in [0, 0.1) is 0 Å². The SMILES string of the molecule is COC(=O)CCNC(=O)c1ccc(CC(c2ccc(Cl)cc2)c2nc(-c3ccc(C(F)(F)F)cc3)cs2)cc1. The number of ether oxygens (including phenoxy) is 1. The molecule has 5 nitrogen and oxygen atoms in total. The molecule has 0 saturated carbocycles. The molecule has 0 aliphatic carbocycles. The number of carbonyl (C=O) groups excluding carboxylic acids is 2. The number of amides is 1. The molecule has 0 radical (unpaired) electrons. The highest BCUT2D eigenvalue weighted by molar-refractivity contribution is 7.10. The maximum atomic E-state index is 13.0. The number of hydrogen-bond acceptors (Lipinski definition) is 5. The number of rotatable bonds is 9. The molecule has 0 aliphatic rings. The Morgan fingerprint density at radius 1 is 1.00 bits per heavy atom. The Hall–Kier alpha value is -3.69. The molecule has 1 heterocycles. The maximum Gasteiger partial charge on any atom is 0.416 e. The number of aromatic nitrogens is 1. The van der Waals surface area contributed by atoms with Crippen molar-refractivity contribution in [2.24, 2.45) is 0 Å². The lowest BCUT2D eigenvalue weighted by molar-refractivity contribution is -0.140. The van der Waals surface area contributed by atoms with Gasteiger partial charge >= 0.3 is 12.1 Å². The minimum Gasteiger partial charge on any atom is -0.469 e. The fourth-order valence-electron chi connectivity index (χ4n) is 3.96. The molecular formula is C29H24ClF3N2O3S. The summed E-state index contributed by atoms with van der Waals surface area (Å²) >= 11 is 7.54. The van der Waals surface area contributed by atoms with E-state index in [-0.39, 0.29) is 24.8 Å². The number of hydrogen-bond donors (Lipinski definition) is 1. The van der Waals surface area contributed by atoms with Gasteiger partial charge in [-0.25, -0.2) is 4.98 Å². The summed E-state index contributed by atoms with van der Waals surface area (Å²) in [5.41, 5.74) is 2.90. The minimum absolute atomic E-state index is 0.0887. The van der Waals surface area contributed by atoms with Gasteiger partial charge in [0.2, 0.25) is 0 Å². The molecule has 1 unspecified atom stereocenters. The smallest absolute Gasteiger partial charge is 0.416 e. The van der Waals surface area contributed by atoms with Gasteiger partial charge in [-0.05, 0) is 53.9 Å². The molecule has 3 aromatic carbocycles. The second kappa shape index (κ2) is 12.4. The Balaban J connectivity index is 1.53. The van der Waals surface area contributed by atoms with Gasteiger partial charge in [-0.2, -0.15) is 13.2 Å². The van der Waals surface area contributed by atoms with Crippen LogP contribution in [0.3, 0.4) is 0 Å². The van der Waals surface area contributed by atoms with Crippen molar-refractivity contribution < 1.29 is 27.5 Å². The fourth-order valence-corrected chi connectivity index (χ4v) is 5.05. The third-order valence-corrected chi connectivity index (χ3v) is 7.31. The highest BCUT2D eigenvalue weighted by atomic mass is 35.5. The number of alkyl halides is 3. The van der Waals surface area contributed by atoms with Crippen molar-refractivity contribution in [3.05, 3.63) is 110 Å². The molecule has 0 aliphatic heterocycles. The Morgan fingerprint density at radius 2 is 1.67 bits per heavy atom. The van der Waals surface area contributed by atoms with E-state index < -0.39 is 17.7 Å². The van der Waals surface area contributed by atoms with Crippen LogP contribution in [0.5, 0.6) is 0 Å². The Bertz CT molecular complexity index is 1420. The molecule has 0 fully saturated rings. The number of nitrogens with zero attached hydrogens (tertiary/aromatic N) is 1.